The fourth-order valence-electron chi connectivity index (χ4n) is 4.27. The van der Waals surface area contributed by atoms with Crippen molar-refractivity contribution in [3.63, 3.8) is 0 Å². The van der Waals surface area contributed by atoms with Crippen LogP contribution in [0.2, 0.25) is 0 Å². The first-order chi connectivity index (χ1) is 14.4. The van der Waals surface area contributed by atoms with Crippen molar-refractivity contribution in [2.24, 2.45) is 5.41 Å². The van der Waals surface area contributed by atoms with E-state index < -0.39 is 0 Å². The van der Waals surface area contributed by atoms with Crippen LogP contribution in [0, 0.1) is 5.41 Å². The van der Waals surface area contributed by atoms with Crippen LogP contribution in [0.3, 0.4) is 0 Å². The van der Waals surface area contributed by atoms with E-state index >= 15 is 0 Å². The molecule has 0 unspecified atom stereocenters. The van der Waals surface area contributed by atoms with Gasteiger partial charge >= 0.3 is 40.0 Å². The predicted molar refractivity (Wildman–Crippen MR) is 124 cm³/mol. The summed E-state index contributed by atoms with van der Waals surface area (Å²) in [7, 11) is 0.278. The highest BCUT2D eigenvalue weighted by Gasteiger charge is 2.42. The van der Waals surface area contributed by atoms with Crippen molar-refractivity contribution in [2.75, 3.05) is 0 Å². The molecule has 0 N–H and O–H groups in total. The highest BCUT2D eigenvalue weighted by Crippen LogP contribution is 2.51. The molecule has 0 spiro atoms. The third kappa shape index (κ3) is 4.28. The smallest absolute Gasteiger partial charge is 0.412 e. The molecule has 8 heteroatoms. The van der Waals surface area contributed by atoms with Crippen LogP contribution in [0.5, 0.6) is 0 Å². The largest absolute Gasteiger partial charge is 0.412 e. The van der Waals surface area contributed by atoms with Gasteiger partial charge in [-0.3, -0.25) is 0 Å². The molecule has 0 saturated carbocycles. The molecule has 3 aromatic carbocycles. The van der Waals surface area contributed by atoms with E-state index in [-0.39, 0.29) is 45.4 Å². The van der Waals surface area contributed by atoms with Crippen molar-refractivity contribution in [1.29, 1.82) is 0 Å². The maximum Gasteiger partial charge on any atom is 0.412 e. The van der Waals surface area contributed by atoms with Crippen molar-refractivity contribution in [3.05, 3.63) is 59.7 Å². The Bertz CT molecular complexity index is 1010. The van der Waals surface area contributed by atoms with E-state index in [0.29, 0.717) is 5.41 Å². The summed E-state index contributed by atoms with van der Waals surface area (Å²) in [5.74, 6) is 0. The molecule has 1 aliphatic heterocycles. The molecule has 0 bridgehead atoms. The topological polar surface area (TPSA) is 36.9 Å². The number of fused-ring (bicyclic) bond motifs is 5. The number of hydrogen-bond acceptors (Lipinski definition) is 4. The average Bonchev–Trinajstić information content (AvgIpc) is 2.70. The Balaban J connectivity index is 0.000000230. The summed E-state index contributed by atoms with van der Waals surface area (Å²) in [6.07, 6.45) is 2.46. The monoisotopic (exact) mass is 464 g/mol. The third-order valence-corrected chi connectivity index (χ3v) is 9.40. The lowest BCUT2D eigenvalue weighted by atomic mass is 9.57. The fraction of sp³-hybridized carbons (Fsp3) is 0.364. The second kappa shape index (κ2) is 9.17. The first kappa shape index (κ1) is 22.1. The second-order valence-electron chi connectivity index (χ2n) is 8.72. The molecule has 1 saturated heterocycles. The summed E-state index contributed by atoms with van der Waals surface area (Å²) in [6.45, 7) is 9.66. The maximum atomic E-state index is 4.82. The summed E-state index contributed by atoms with van der Waals surface area (Å²) in [5, 5.41) is 5.59. The van der Waals surface area contributed by atoms with Crippen LogP contribution >= 0.6 is 0 Å². The van der Waals surface area contributed by atoms with Crippen LogP contribution in [0.15, 0.2) is 48.5 Å². The van der Waals surface area contributed by atoms with Gasteiger partial charge in [0, 0.05) is 0 Å². The minimum Gasteiger partial charge on any atom is -0.412 e. The van der Waals surface area contributed by atoms with Crippen LogP contribution < -0.4 is 0 Å². The zero-order valence-corrected chi connectivity index (χ0v) is 21.7. The molecule has 1 aliphatic carbocycles. The number of aryl methyl sites for hydroxylation is 1. The molecule has 30 heavy (non-hydrogen) atoms. The predicted octanol–water partition coefficient (Wildman–Crippen LogP) is 4.45. The van der Waals surface area contributed by atoms with Gasteiger partial charge in [-0.15, -0.1) is 0 Å². The number of hydrogen-bond donors (Lipinski definition) is 0. The van der Waals surface area contributed by atoms with E-state index in [0.717, 1.165) is 0 Å². The third-order valence-electron chi connectivity index (χ3n) is 6.74. The number of rotatable bonds is 0. The minimum atomic E-state index is 0.0694. The van der Waals surface area contributed by atoms with Gasteiger partial charge in [-0.25, -0.2) is 0 Å². The molecule has 152 valence electrons. The molecule has 3 aromatic rings. The van der Waals surface area contributed by atoms with Crippen molar-refractivity contribution in [2.45, 2.75) is 46.0 Å². The molecule has 0 aromatic heterocycles. The van der Waals surface area contributed by atoms with Gasteiger partial charge in [-0.1, -0.05) is 76.2 Å². The van der Waals surface area contributed by atoms with Gasteiger partial charge in [-0.05, 0) is 56.3 Å². The maximum absolute atomic E-state index is 4.82. The summed E-state index contributed by atoms with van der Waals surface area (Å²) in [6, 6.07) is 18.1. The minimum absolute atomic E-state index is 0.0694. The van der Waals surface area contributed by atoms with Gasteiger partial charge in [0.25, 0.3) is 0 Å². The zero-order valence-electron chi connectivity index (χ0n) is 17.7. The molecule has 0 atom stereocenters. The fourth-order valence-corrected chi connectivity index (χ4v) is 6.98. The molecular formula is C22H24O4Si4. The first-order valence-electron chi connectivity index (χ1n) is 9.99. The van der Waals surface area contributed by atoms with Crippen LogP contribution in [-0.2, 0) is 28.3 Å². The molecule has 0 amide bonds. The molecule has 4 nitrogen and oxygen atoms in total. The lowest BCUT2D eigenvalue weighted by Gasteiger charge is -2.47. The van der Waals surface area contributed by atoms with Crippen molar-refractivity contribution >= 4 is 61.6 Å². The van der Waals surface area contributed by atoms with Crippen molar-refractivity contribution in [1.82, 2.24) is 0 Å². The Kier molecular flexibility index (Phi) is 6.75. The molecule has 5 rings (SSSR count). The van der Waals surface area contributed by atoms with E-state index in [1.807, 2.05) is 0 Å². The lowest BCUT2D eigenvalue weighted by molar-refractivity contribution is 0.166. The molecule has 1 fully saturated rings. The van der Waals surface area contributed by atoms with Gasteiger partial charge < -0.3 is 16.5 Å². The standard InChI is InChI=1S/C22H24.O4Si4/c1-21(2)14-13-19-18-10-9-15-7-5-6-8-16(15)17(18)11-12-20(19)22(21,3)4;1-5-2-7-4-8-3-6-1/h5-12H,13-14H2,1-4H3;. The summed E-state index contributed by atoms with van der Waals surface area (Å²) in [5.41, 5.74) is 3.70. The highest BCUT2D eigenvalue weighted by atomic mass is 28.4. The Morgan fingerprint density at radius 3 is 1.93 bits per heavy atom. The van der Waals surface area contributed by atoms with Crippen LogP contribution in [0.1, 0.15) is 45.2 Å². The SMILES string of the molecule is CC1(C)CCc2c(ccc3c2ccc2ccccc23)C1(C)C.O1[Si]O[Si]O[Si]O[Si]1. The number of benzene rings is 3. The van der Waals surface area contributed by atoms with Crippen molar-refractivity contribution < 1.29 is 16.5 Å². The Morgan fingerprint density at radius 2 is 1.27 bits per heavy atom. The van der Waals surface area contributed by atoms with E-state index in [2.05, 4.69) is 76.2 Å². The van der Waals surface area contributed by atoms with Gasteiger partial charge in [-0.2, -0.15) is 0 Å². The Morgan fingerprint density at radius 1 is 0.667 bits per heavy atom. The summed E-state index contributed by atoms with van der Waals surface area (Å²) >= 11 is 0. The molecule has 2 aliphatic rings. The van der Waals surface area contributed by atoms with Crippen LogP contribution in [0.25, 0.3) is 21.5 Å². The zero-order chi connectivity index (χ0) is 21.2. The molecular weight excluding hydrogens is 441 g/mol. The van der Waals surface area contributed by atoms with Gasteiger partial charge in [0.2, 0.25) is 0 Å². The van der Waals surface area contributed by atoms with Gasteiger partial charge in [0.1, 0.15) is 0 Å². The first-order valence-corrected chi connectivity index (χ1v) is 13.3. The second-order valence-corrected chi connectivity index (χ2v) is 12.7. The summed E-state index contributed by atoms with van der Waals surface area (Å²) < 4.78 is 19.3. The van der Waals surface area contributed by atoms with E-state index in [9.17, 15) is 0 Å². The van der Waals surface area contributed by atoms with E-state index in [1.165, 1.54) is 34.4 Å². The lowest BCUT2D eigenvalue weighted by Crippen LogP contribution is -2.41. The molecule has 1 heterocycles. The quantitative estimate of drug-likeness (QED) is 0.364. The van der Waals surface area contributed by atoms with Crippen LogP contribution in [0.4, 0.5) is 0 Å². The van der Waals surface area contributed by atoms with Gasteiger partial charge in [0.05, 0.1) is 0 Å². The molecule has 8 radical (unpaired) electrons. The van der Waals surface area contributed by atoms with Crippen LogP contribution in [-0.4, -0.2) is 40.0 Å². The average molecular weight is 465 g/mol. The van der Waals surface area contributed by atoms with E-state index in [1.54, 1.807) is 11.1 Å². The van der Waals surface area contributed by atoms with Gasteiger partial charge in [0.15, 0.2) is 0 Å². The summed E-state index contributed by atoms with van der Waals surface area (Å²) in [4.78, 5) is 0. The Labute approximate surface area is 188 Å². The highest BCUT2D eigenvalue weighted by molar-refractivity contribution is 6.50. The Hall–Kier alpha value is -1.11. The normalized spacial score (nSPS) is 20.5. The van der Waals surface area contributed by atoms with Crippen molar-refractivity contribution in [3.8, 4) is 0 Å². The van der Waals surface area contributed by atoms with E-state index in [4.69, 9.17) is 16.5 Å².